The van der Waals surface area contributed by atoms with Gasteiger partial charge >= 0.3 is 0 Å². The van der Waals surface area contributed by atoms with Crippen molar-refractivity contribution < 1.29 is 4.74 Å². The molecule has 0 spiro atoms. The van der Waals surface area contributed by atoms with Crippen LogP contribution in [-0.2, 0) is 0 Å². The van der Waals surface area contributed by atoms with E-state index in [-0.39, 0.29) is 6.10 Å². The van der Waals surface area contributed by atoms with Gasteiger partial charge in [0.05, 0.1) is 16.8 Å². The van der Waals surface area contributed by atoms with E-state index in [2.05, 4.69) is 38.1 Å². The van der Waals surface area contributed by atoms with E-state index >= 15 is 0 Å². The number of nitrogens with zero attached hydrogens (tertiary/aromatic N) is 2. The zero-order valence-electron chi connectivity index (χ0n) is 9.25. The fourth-order valence-electron chi connectivity index (χ4n) is 0.979. The highest BCUT2D eigenvalue weighted by Gasteiger charge is 2.07. The monoisotopic (exact) mass is 273 g/mol. The van der Waals surface area contributed by atoms with Gasteiger partial charge < -0.3 is 10.1 Å². The molecular formula is C10H16BrN3O. The Morgan fingerprint density at radius 2 is 2.27 bits per heavy atom. The van der Waals surface area contributed by atoms with Gasteiger partial charge in [-0.05, 0) is 36.2 Å². The molecule has 1 aromatic rings. The summed E-state index contributed by atoms with van der Waals surface area (Å²) in [5, 5.41) is 3.11. The summed E-state index contributed by atoms with van der Waals surface area (Å²) in [5.41, 5.74) is 0. The van der Waals surface area contributed by atoms with Crippen LogP contribution in [0.25, 0.3) is 0 Å². The Labute approximate surface area is 98.6 Å². The maximum Gasteiger partial charge on any atom is 0.233 e. The predicted octanol–water partition coefficient (Wildman–Crippen LogP) is 2.85. The second kappa shape index (κ2) is 5.90. The number of ether oxygens (including phenoxy) is 1. The largest absolute Gasteiger partial charge is 0.474 e. The van der Waals surface area contributed by atoms with Crippen molar-refractivity contribution in [2.24, 2.45) is 0 Å². The summed E-state index contributed by atoms with van der Waals surface area (Å²) in [4.78, 5) is 8.39. The smallest absolute Gasteiger partial charge is 0.233 e. The molecule has 1 aromatic heterocycles. The van der Waals surface area contributed by atoms with Crippen LogP contribution < -0.4 is 10.1 Å². The van der Waals surface area contributed by atoms with Gasteiger partial charge in [-0.1, -0.05) is 6.92 Å². The first-order chi connectivity index (χ1) is 7.13. The van der Waals surface area contributed by atoms with Crippen LogP contribution in [0, 0.1) is 0 Å². The number of halogens is 1. The Balaban J connectivity index is 2.75. The highest BCUT2D eigenvalue weighted by molar-refractivity contribution is 9.10. The number of hydrogen-bond acceptors (Lipinski definition) is 4. The highest BCUT2D eigenvalue weighted by Crippen LogP contribution is 2.23. The van der Waals surface area contributed by atoms with Gasteiger partial charge in [-0.2, -0.15) is 4.98 Å². The molecule has 5 heteroatoms. The first-order valence-corrected chi connectivity index (χ1v) is 5.85. The number of aromatic nitrogens is 2. The van der Waals surface area contributed by atoms with Gasteiger partial charge in [0.15, 0.2) is 0 Å². The van der Waals surface area contributed by atoms with Crippen molar-refractivity contribution in [3.63, 3.8) is 0 Å². The average Bonchev–Trinajstić information content (AvgIpc) is 2.18. The number of hydrogen-bond donors (Lipinski definition) is 1. The Morgan fingerprint density at radius 3 is 2.87 bits per heavy atom. The molecule has 4 nitrogen and oxygen atoms in total. The first-order valence-electron chi connectivity index (χ1n) is 5.06. The molecule has 0 radical (unpaired) electrons. The van der Waals surface area contributed by atoms with Crippen molar-refractivity contribution in [2.75, 3.05) is 11.9 Å². The van der Waals surface area contributed by atoms with Gasteiger partial charge in [-0.3, -0.25) is 0 Å². The molecule has 0 unspecified atom stereocenters. The minimum absolute atomic E-state index is 0.107. The predicted molar refractivity (Wildman–Crippen MR) is 64.3 cm³/mol. The van der Waals surface area contributed by atoms with E-state index < -0.39 is 0 Å². The molecule has 0 aromatic carbocycles. The average molecular weight is 274 g/mol. The summed E-state index contributed by atoms with van der Waals surface area (Å²) in [6.45, 7) is 6.89. The molecular weight excluding hydrogens is 258 g/mol. The molecule has 0 saturated heterocycles. The Bertz CT molecular complexity index is 318. The maximum absolute atomic E-state index is 5.53. The van der Waals surface area contributed by atoms with Crippen molar-refractivity contribution in [1.82, 2.24) is 9.97 Å². The van der Waals surface area contributed by atoms with Gasteiger partial charge in [-0.25, -0.2) is 4.98 Å². The summed E-state index contributed by atoms with van der Waals surface area (Å²) < 4.78 is 6.30. The van der Waals surface area contributed by atoms with Crippen LogP contribution in [0.1, 0.15) is 27.2 Å². The van der Waals surface area contributed by atoms with Gasteiger partial charge in [-0.15, -0.1) is 0 Å². The Kier molecular flexibility index (Phi) is 4.81. The molecule has 0 bridgehead atoms. The molecule has 0 aliphatic heterocycles. The molecule has 0 aliphatic carbocycles. The van der Waals surface area contributed by atoms with E-state index in [4.69, 9.17) is 4.74 Å². The Morgan fingerprint density at radius 1 is 1.53 bits per heavy atom. The minimum atomic E-state index is 0.107. The third-order valence-corrected chi connectivity index (χ3v) is 2.14. The lowest BCUT2D eigenvalue weighted by atomic mass is 10.5. The van der Waals surface area contributed by atoms with E-state index in [1.54, 1.807) is 6.20 Å². The topological polar surface area (TPSA) is 47.0 Å². The van der Waals surface area contributed by atoms with E-state index in [1.165, 1.54) is 0 Å². The highest BCUT2D eigenvalue weighted by atomic mass is 79.9. The number of anilines is 1. The zero-order chi connectivity index (χ0) is 11.3. The van der Waals surface area contributed by atoms with Crippen LogP contribution in [0.4, 0.5) is 5.95 Å². The summed E-state index contributed by atoms with van der Waals surface area (Å²) in [5.74, 6) is 1.19. The molecule has 15 heavy (non-hydrogen) atoms. The molecule has 1 heterocycles. The molecule has 84 valence electrons. The summed E-state index contributed by atoms with van der Waals surface area (Å²) in [6, 6.07) is 0. The van der Waals surface area contributed by atoms with Gasteiger partial charge in [0.1, 0.15) is 0 Å². The van der Waals surface area contributed by atoms with Crippen LogP contribution in [0.15, 0.2) is 10.7 Å². The number of rotatable bonds is 5. The number of nitrogens with one attached hydrogen (secondary N) is 1. The molecule has 1 rings (SSSR count). The summed E-state index contributed by atoms with van der Waals surface area (Å²) in [7, 11) is 0. The van der Waals surface area contributed by atoms with Gasteiger partial charge in [0.2, 0.25) is 11.8 Å². The van der Waals surface area contributed by atoms with Crippen molar-refractivity contribution in [3.05, 3.63) is 10.7 Å². The van der Waals surface area contributed by atoms with Crippen molar-refractivity contribution in [1.29, 1.82) is 0 Å². The summed E-state index contributed by atoms with van der Waals surface area (Å²) in [6.07, 6.45) is 2.85. The second-order valence-electron chi connectivity index (χ2n) is 3.44. The van der Waals surface area contributed by atoms with Crippen LogP contribution >= 0.6 is 15.9 Å². The van der Waals surface area contributed by atoms with Gasteiger partial charge in [0, 0.05) is 6.54 Å². The van der Waals surface area contributed by atoms with E-state index in [0.29, 0.717) is 11.8 Å². The maximum atomic E-state index is 5.53. The third kappa shape index (κ3) is 4.03. The molecule has 0 fully saturated rings. The van der Waals surface area contributed by atoms with Crippen LogP contribution in [0.3, 0.4) is 0 Å². The van der Waals surface area contributed by atoms with E-state index in [0.717, 1.165) is 17.4 Å². The van der Waals surface area contributed by atoms with E-state index in [9.17, 15) is 0 Å². The van der Waals surface area contributed by atoms with E-state index in [1.807, 2.05) is 13.8 Å². The molecule has 0 atom stereocenters. The fourth-order valence-corrected chi connectivity index (χ4v) is 1.26. The second-order valence-corrected chi connectivity index (χ2v) is 4.29. The van der Waals surface area contributed by atoms with Crippen molar-refractivity contribution in [3.8, 4) is 5.88 Å². The van der Waals surface area contributed by atoms with Crippen LogP contribution in [0.2, 0.25) is 0 Å². The van der Waals surface area contributed by atoms with Crippen molar-refractivity contribution >= 4 is 21.9 Å². The minimum Gasteiger partial charge on any atom is -0.474 e. The molecule has 0 saturated carbocycles. The molecule has 1 N–H and O–H groups in total. The zero-order valence-corrected chi connectivity index (χ0v) is 10.8. The normalized spacial score (nSPS) is 10.5. The lowest BCUT2D eigenvalue weighted by Gasteiger charge is -2.11. The van der Waals surface area contributed by atoms with Gasteiger partial charge in [0.25, 0.3) is 0 Å². The lowest BCUT2D eigenvalue weighted by molar-refractivity contribution is 0.231. The SMILES string of the molecule is CCCNc1ncc(Br)c(OC(C)C)n1. The van der Waals surface area contributed by atoms with Crippen molar-refractivity contribution in [2.45, 2.75) is 33.3 Å². The standard InChI is InChI=1S/C10H16BrN3O/c1-4-5-12-10-13-6-8(11)9(14-10)15-7(2)3/h6-7H,4-5H2,1-3H3,(H,12,13,14). The quantitative estimate of drug-likeness (QED) is 0.896. The molecule has 0 amide bonds. The fraction of sp³-hybridized carbons (Fsp3) is 0.600. The first kappa shape index (κ1) is 12.2. The van der Waals surface area contributed by atoms with Crippen LogP contribution in [-0.4, -0.2) is 22.6 Å². The lowest BCUT2D eigenvalue weighted by Crippen LogP contribution is -2.10. The Hall–Kier alpha value is -0.840. The third-order valence-electron chi connectivity index (χ3n) is 1.59. The van der Waals surface area contributed by atoms with Crippen LogP contribution in [0.5, 0.6) is 5.88 Å². The summed E-state index contributed by atoms with van der Waals surface area (Å²) >= 11 is 3.35. The molecule has 0 aliphatic rings.